The highest BCUT2D eigenvalue weighted by molar-refractivity contribution is 6.30. The number of halogens is 1. The monoisotopic (exact) mass is 228 g/mol. The van der Waals surface area contributed by atoms with Crippen molar-refractivity contribution in [2.45, 2.75) is 13.8 Å². The molecule has 1 rings (SSSR count). The van der Waals surface area contributed by atoms with Crippen molar-refractivity contribution in [3.63, 3.8) is 0 Å². The number of nitro benzene ring substituents is 1. The number of hydrogen-bond donors (Lipinski definition) is 0. The SMILES string of the molecule is CC(C)=NOc1ccc(Cl)cc1[N+](=O)[O-]. The van der Waals surface area contributed by atoms with Crippen molar-refractivity contribution in [3.8, 4) is 5.75 Å². The molecule has 80 valence electrons. The van der Waals surface area contributed by atoms with Gasteiger partial charge in [-0.3, -0.25) is 10.1 Å². The lowest BCUT2D eigenvalue weighted by Gasteiger charge is -2.00. The van der Waals surface area contributed by atoms with Gasteiger partial charge >= 0.3 is 5.69 Å². The van der Waals surface area contributed by atoms with Gasteiger partial charge in [-0.05, 0) is 26.0 Å². The van der Waals surface area contributed by atoms with E-state index in [0.717, 1.165) is 0 Å². The Kier molecular flexibility index (Phi) is 3.62. The molecule has 1 aromatic rings. The molecular formula is C9H9ClN2O3. The van der Waals surface area contributed by atoms with Crippen LogP contribution in [0.15, 0.2) is 23.4 Å². The molecule has 0 unspecified atom stereocenters. The average molecular weight is 229 g/mol. The van der Waals surface area contributed by atoms with E-state index < -0.39 is 4.92 Å². The van der Waals surface area contributed by atoms with Gasteiger partial charge in [0.05, 0.1) is 10.6 Å². The molecular weight excluding hydrogens is 220 g/mol. The topological polar surface area (TPSA) is 64.7 Å². The van der Waals surface area contributed by atoms with E-state index in [4.69, 9.17) is 16.4 Å². The summed E-state index contributed by atoms with van der Waals surface area (Å²) in [5.74, 6) is 0.0746. The molecule has 0 aliphatic heterocycles. The van der Waals surface area contributed by atoms with Crippen molar-refractivity contribution in [2.75, 3.05) is 0 Å². The summed E-state index contributed by atoms with van der Waals surface area (Å²) in [7, 11) is 0. The van der Waals surface area contributed by atoms with E-state index in [1.54, 1.807) is 13.8 Å². The van der Waals surface area contributed by atoms with Crippen molar-refractivity contribution in [1.82, 2.24) is 0 Å². The van der Waals surface area contributed by atoms with Crippen LogP contribution in [-0.4, -0.2) is 10.6 Å². The highest BCUT2D eigenvalue weighted by atomic mass is 35.5. The Hall–Kier alpha value is -1.62. The lowest BCUT2D eigenvalue weighted by atomic mass is 10.3. The molecule has 0 aromatic heterocycles. The quantitative estimate of drug-likeness (QED) is 0.454. The summed E-state index contributed by atoms with van der Waals surface area (Å²) in [6, 6.07) is 4.13. The van der Waals surface area contributed by atoms with E-state index in [-0.39, 0.29) is 16.5 Å². The molecule has 0 aliphatic rings. The van der Waals surface area contributed by atoms with Crippen LogP contribution in [0.25, 0.3) is 0 Å². The summed E-state index contributed by atoms with van der Waals surface area (Å²) in [5, 5.41) is 14.6. The first-order chi connectivity index (χ1) is 7.00. The molecule has 15 heavy (non-hydrogen) atoms. The van der Waals surface area contributed by atoms with Gasteiger partial charge in [0.2, 0.25) is 5.75 Å². The van der Waals surface area contributed by atoms with Gasteiger partial charge in [-0.2, -0.15) is 0 Å². The molecule has 0 atom stereocenters. The average Bonchev–Trinajstić information content (AvgIpc) is 2.15. The van der Waals surface area contributed by atoms with Crippen LogP contribution in [0.3, 0.4) is 0 Å². The zero-order chi connectivity index (χ0) is 11.4. The Bertz CT molecular complexity index is 414. The fraction of sp³-hybridized carbons (Fsp3) is 0.222. The molecule has 0 bridgehead atoms. The van der Waals surface area contributed by atoms with Gasteiger partial charge in [0.25, 0.3) is 0 Å². The molecule has 0 amide bonds. The summed E-state index contributed by atoms with van der Waals surface area (Å²) < 4.78 is 0. The number of benzene rings is 1. The first-order valence-corrected chi connectivity index (χ1v) is 4.50. The Balaban J connectivity index is 3.06. The number of nitrogens with zero attached hydrogens (tertiary/aromatic N) is 2. The predicted molar refractivity (Wildman–Crippen MR) is 57.5 cm³/mol. The third-order valence-corrected chi connectivity index (χ3v) is 1.68. The van der Waals surface area contributed by atoms with Crippen molar-refractivity contribution in [2.24, 2.45) is 5.16 Å². The van der Waals surface area contributed by atoms with Crippen molar-refractivity contribution in [3.05, 3.63) is 33.3 Å². The summed E-state index contributed by atoms with van der Waals surface area (Å²) in [6.07, 6.45) is 0. The van der Waals surface area contributed by atoms with Crippen LogP contribution >= 0.6 is 11.6 Å². The molecule has 6 heteroatoms. The van der Waals surface area contributed by atoms with Gasteiger partial charge in [-0.15, -0.1) is 0 Å². The maximum atomic E-state index is 10.6. The van der Waals surface area contributed by atoms with E-state index in [1.165, 1.54) is 18.2 Å². The van der Waals surface area contributed by atoms with Gasteiger partial charge in [-0.1, -0.05) is 16.8 Å². The van der Waals surface area contributed by atoms with Crippen molar-refractivity contribution in [1.29, 1.82) is 0 Å². The van der Waals surface area contributed by atoms with E-state index >= 15 is 0 Å². The summed E-state index contributed by atoms with van der Waals surface area (Å²) in [5.41, 5.74) is 0.465. The second-order valence-corrected chi connectivity index (χ2v) is 3.44. The maximum absolute atomic E-state index is 10.6. The third kappa shape index (κ3) is 3.21. The molecule has 0 spiro atoms. The van der Waals surface area contributed by atoms with Crippen molar-refractivity contribution < 1.29 is 9.76 Å². The molecule has 0 aliphatic carbocycles. The molecule has 1 aromatic carbocycles. The van der Waals surface area contributed by atoms with Crippen LogP contribution in [0, 0.1) is 10.1 Å². The summed E-state index contributed by atoms with van der Waals surface area (Å²) in [6.45, 7) is 3.45. The lowest BCUT2D eigenvalue weighted by Crippen LogP contribution is -1.95. The lowest BCUT2D eigenvalue weighted by molar-refractivity contribution is -0.385. The Labute approximate surface area is 91.4 Å². The predicted octanol–water partition coefficient (Wildman–Crippen LogP) is 3.02. The molecule has 0 N–H and O–H groups in total. The number of hydrogen-bond acceptors (Lipinski definition) is 4. The number of oxime groups is 1. The number of nitro groups is 1. The molecule has 5 nitrogen and oxygen atoms in total. The van der Waals surface area contributed by atoms with Crippen LogP contribution in [0.1, 0.15) is 13.8 Å². The standard InChI is InChI=1S/C9H9ClN2O3/c1-6(2)11-15-9-4-3-7(10)5-8(9)12(13)14/h3-5H,1-2H3. The van der Waals surface area contributed by atoms with Gasteiger partial charge in [0.1, 0.15) is 0 Å². The first-order valence-electron chi connectivity index (χ1n) is 4.13. The smallest absolute Gasteiger partial charge is 0.315 e. The number of rotatable bonds is 3. The zero-order valence-corrected chi connectivity index (χ0v) is 8.99. The first kappa shape index (κ1) is 11.5. The van der Waals surface area contributed by atoms with E-state index in [0.29, 0.717) is 5.71 Å². The summed E-state index contributed by atoms with van der Waals surface area (Å²) >= 11 is 5.63. The van der Waals surface area contributed by atoms with E-state index in [1.807, 2.05) is 0 Å². The Morgan fingerprint density at radius 3 is 2.73 bits per heavy atom. The van der Waals surface area contributed by atoms with Gasteiger partial charge in [-0.25, -0.2) is 0 Å². The third-order valence-electron chi connectivity index (χ3n) is 1.44. The van der Waals surface area contributed by atoms with Crippen LogP contribution < -0.4 is 4.84 Å². The molecule has 0 saturated carbocycles. The second kappa shape index (κ2) is 4.75. The van der Waals surface area contributed by atoms with Crippen LogP contribution in [-0.2, 0) is 0 Å². The minimum atomic E-state index is -0.568. The second-order valence-electron chi connectivity index (χ2n) is 3.00. The fourth-order valence-electron chi connectivity index (χ4n) is 0.851. The van der Waals surface area contributed by atoms with Crippen LogP contribution in [0.5, 0.6) is 5.75 Å². The highest BCUT2D eigenvalue weighted by Crippen LogP contribution is 2.29. The molecule has 0 fully saturated rings. The van der Waals surface area contributed by atoms with E-state index in [9.17, 15) is 10.1 Å². The van der Waals surface area contributed by atoms with Crippen molar-refractivity contribution >= 4 is 23.0 Å². The van der Waals surface area contributed by atoms with Crippen LogP contribution in [0.2, 0.25) is 5.02 Å². The van der Waals surface area contributed by atoms with Crippen LogP contribution in [0.4, 0.5) is 5.69 Å². The Morgan fingerprint density at radius 1 is 1.53 bits per heavy atom. The van der Waals surface area contributed by atoms with Gasteiger partial charge in [0, 0.05) is 11.1 Å². The normalized spacial score (nSPS) is 9.53. The van der Waals surface area contributed by atoms with E-state index in [2.05, 4.69) is 5.16 Å². The maximum Gasteiger partial charge on any atom is 0.315 e. The van der Waals surface area contributed by atoms with Gasteiger partial charge < -0.3 is 4.84 Å². The van der Waals surface area contributed by atoms with Gasteiger partial charge in [0.15, 0.2) is 0 Å². The largest absolute Gasteiger partial charge is 0.350 e. The summed E-state index contributed by atoms with van der Waals surface area (Å²) in [4.78, 5) is 15.0. The minimum Gasteiger partial charge on any atom is -0.350 e. The minimum absolute atomic E-state index is 0.0746. The molecule has 0 radical (unpaired) electrons. The highest BCUT2D eigenvalue weighted by Gasteiger charge is 2.15. The Morgan fingerprint density at radius 2 is 2.20 bits per heavy atom. The fourth-order valence-corrected chi connectivity index (χ4v) is 1.02. The zero-order valence-electron chi connectivity index (χ0n) is 8.23. The molecule has 0 saturated heterocycles. The molecule has 0 heterocycles.